The van der Waals surface area contributed by atoms with Crippen LogP contribution in [0.4, 0.5) is 8.78 Å². The Balaban J connectivity index is 1.77. The van der Waals surface area contributed by atoms with Gasteiger partial charge in [-0.3, -0.25) is 4.79 Å². The number of carbonyl (C=O) groups is 1. The maximum atomic E-state index is 13.8. The molecule has 0 fully saturated rings. The molecule has 1 aromatic heterocycles. The van der Waals surface area contributed by atoms with E-state index in [9.17, 15) is 27.1 Å². The Morgan fingerprint density at radius 1 is 1.11 bits per heavy atom. The molecule has 0 spiro atoms. The van der Waals surface area contributed by atoms with Crippen molar-refractivity contribution >= 4 is 38.7 Å². The highest BCUT2D eigenvalue weighted by Crippen LogP contribution is 2.31. The lowest BCUT2D eigenvalue weighted by atomic mass is 10.0. The van der Waals surface area contributed by atoms with Crippen LogP contribution in [0.5, 0.6) is 0 Å². The van der Waals surface area contributed by atoms with Crippen LogP contribution in [0.1, 0.15) is 33.3 Å². The third-order valence-corrected chi connectivity index (χ3v) is 8.41. The molecule has 11 heteroatoms. The van der Waals surface area contributed by atoms with Gasteiger partial charge in [-0.1, -0.05) is 42.8 Å². The van der Waals surface area contributed by atoms with Crippen molar-refractivity contribution in [3.05, 3.63) is 86.1 Å². The minimum absolute atomic E-state index is 0.0379. The number of aliphatic hydroxyl groups is 1. The summed E-state index contributed by atoms with van der Waals surface area (Å²) in [5.74, 6) is -2.26. The van der Waals surface area contributed by atoms with Gasteiger partial charge in [-0.25, -0.2) is 17.2 Å². The average Bonchev–Trinajstić information content (AvgIpc) is 3.20. The van der Waals surface area contributed by atoms with Crippen LogP contribution in [-0.2, 0) is 29.2 Å². The zero-order chi connectivity index (χ0) is 26.5. The second kappa shape index (κ2) is 12.2. The van der Waals surface area contributed by atoms with Crippen molar-refractivity contribution in [1.29, 1.82) is 0 Å². The van der Waals surface area contributed by atoms with Gasteiger partial charge in [0, 0.05) is 30.8 Å². The predicted octanol–water partition coefficient (Wildman–Crippen LogP) is 4.14. The lowest BCUT2D eigenvalue weighted by Crippen LogP contribution is -2.48. The summed E-state index contributed by atoms with van der Waals surface area (Å²) in [4.78, 5) is 12.7. The summed E-state index contributed by atoms with van der Waals surface area (Å²) >= 11 is 7.00. The molecule has 0 saturated carbocycles. The third-order valence-electron chi connectivity index (χ3n) is 5.55. The topological polar surface area (TPSA) is 95.5 Å². The van der Waals surface area contributed by atoms with Crippen molar-refractivity contribution in [1.82, 2.24) is 10.6 Å². The quantitative estimate of drug-likeness (QED) is 0.330. The fourth-order valence-electron chi connectivity index (χ4n) is 3.70. The molecule has 6 nitrogen and oxygen atoms in total. The molecule has 3 N–H and O–H groups in total. The van der Waals surface area contributed by atoms with E-state index < -0.39 is 39.5 Å². The van der Waals surface area contributed by atoms with E-state index in [0.717, 1.165) is 47.8 Å². The fraction of sp³-hybridized carbons (Fsp3) is 0.320. The number of carbonyl (C=O) groups excluding carboxylic acids is 1. The number of halogens is 3. The van der Waals surface area contributed by atoms with Gasteiger partial charge in [0.15, 0.2) is 9.84 Å². The number of hydrogen-bond donors (Lipinski definition) is 3. The Labute approximate surface area is 218 Å². The number of amides is 1. The van der Waals surface area contributed by atoms with Crippen molar-refractivity contribution in [3.8, 4) is 0 Å². The first-order valence-corrected chi connectivity index (χ1v) is 14.3. The molecule has 0 radical (unpaired) electrons. The zero-order valence-corrected chi connectivity index (χ0v) is 22.1. The highest BCUT2D eigenvalue weighted by Gasteiger charge is 2.27. The van der Waals surface area contributed by atoms with Crippen LogP contribution in [0, 0.1) is 11.6 Å². The first-order chi connectivity index (χ1) is 17.0. The number of rotatable bonds is 11. The summed E-state index contributed by atoms with van der Waals surface area (Å²) in [6.45, 7) is 2.60. The Morgan fingerprint density at radius 3 is 2.39 bits per heavy atom. The van der Waals surface area contributed by atoms with Crippen LogP contribution in [0.3, 0.4) is 0 Å². The summed E-state index contributed by atoms with van der Waals surface area (Å²) in [5.41, 5.74) is 2.43. The average molecular weight is 557 g/mol. The smallest absolute Gasteiger partial charge is 0.263 e. The maximum absolute atomic E-state index is 13.8. The Hall–Kier alpha value is -2.37. The van der Waals surface area contributed by atoms with Crippen molar-refractivity contribution in [2.24, 2.45) is 0 Å². The second-order valence-electron chi connectivity index (χ2n) is 8.45. The lowest BCUT2D eigenvalue weighted by molar-refractivity contribution is 0.0833. The molecule has 0 saturated heterocycles. The zero-order valence-electron chi connectivity index (χ0n) is 19.7. The number of sulfone groups is 1. The van der Waals surface area contributed by atoms with Gasteiger partial charge in [-0.2, -0.15) is 0 Å². The summed E-state index contributed by atoms with van der Waals surface area (Å²) < 4.78 is 51.2. The lowest BCUT2D eigenvalue weighted by Gasteiger charge is -2.25. The summed E-state index contributed by atoms with van der Waals surface area (Å²) in [7, 11) is -3.64. The van der Waals surface area contributed by atoms with E-state index in [-0.39, 0.29) is 33.3 Å². The highest BCUT2D eigenvalue weighted by atomic mass is 35.5. The van der Waals surface area contributed by atoms with Crippen LogP contribution in [0.15, 0.2) is 52.7 Å². The molecule has 0 unspecified atom stereocenters. The van der Waals surface area contributed by atoms with Gasteiger partial charge in [0.2, 0.25) is 0 Å². The van der Waals surface area contributed by atoms with Crippen LogP contribution in [-0.4, -0.2) is 44.4 Å². The van der Waals surface area contributed by atoms with Crippen LogP contribution in [0.25, 0.3) is 0 Å². The molecule has 1 amide bonds. The molecular weight excluding hydrogens is 530 g/mol. The first kappa shape index (κ1) is 28.2. The number of thiophene rings is 1. The summed E-state index contributed by atoms with van der Waals surface area (Å²) in [6, 6.07) is 10.00. The van der Waals surface area contributed by atoms with Gasteiger partial charge in [-0.05, 0) is 41.7 Å². The molecule has 3 aromatic rings. The number of aliphatic hydroxyl groups excluding tert-OH is 1. The van der Waals surface area contributed by atoms with Crippen molar-refractivity contribution in [2.45, 2.75) is 43.4 Å². The number of hydrogen-bond acceptors (Lipinski definition) is 6. The van der Waals surface area contributed by atoms with Crippen molar-refractivity contribution in [3.63, 3.8) is 0 Å². The van der Waals surface area contributed by atoms with Crippen molar-refractivity contribution in [2.75, 3.05) is 12.8 Å². The van der Waals surface area contributed by atoms with E-state index in [1.807, 2.05) is 24.3 Å². The van der Waals surface area contributed by atoms with Gasteiger partial charge in [0.05, 0.1) is 22.1 Å². The monoisotopic (exact) mass is 556 g/mol. The van der Waals surface area contributed by atoms with Crippen LogP contribution >= 0.6 is 22.9 Å². The van der Waals surface area contributed by atoms with Crippen LogP contribution < -0.4 is 10.6 Å². The van der Waals surface area contributed by atoms with E-state index in [4.69, 9.17) is 11.6 Å². The molecule has 1 heterocycles. The molecule has 2 atom stereocenters. The third kappa shape index (κ3) is 7.57. The second-order valence-corrected chi connectivity index (χ2v) is 11.7. The predicted molar refractivity (Wildman–Crippen MR) is 137 cm³/mol. The van der Waals surface area contributed by atoms with Gasteiger partial charge in [0.25, 0.3) is 5.91 Å². The number of nitrogens with one attached hydrogen (secondary N) is 2. The molecule has 0 bridgehead atoms. The standard InChI is InChI=1S/C25H27ClF2N2O4S2/c1-3-15-5-4-6-16(7-15)12-29-13-21(31)20(10-17-8-18(27)11-19(28)9-17)30-25(32)24-23(26)22(14-35-24)36(2,33)34/h4-9,11,14,20-21,29,31H,3,10,12-13H2,1-2H3,(H,30,32)/t20-,21-/m0/s1. The minimum atomic E-state index is -3.64. The van der Waals surface area contributed by atoms with E-state index in [2.05, 4.69) is 17.6 Å². The Bertz CT molecular complexity index is 1310. The Morgan fingerprint density at radius 2 is 1.78 bits per heavy atom. The van der Waals surface area contributed by atoms with E-state index >= 15 is 0 Å². The molecule has 2 aromatic carbocycles. The van der Waals surface area contributed by atoms with Gasteiger partial charge < -0.3 is 15.7 Å². The largest absolute Gasteiger partial charge is 0.390 e. The summed E-state index contributed by atoms with van der Waals surface area (Å²) in [5, 5.41) is 17.7. The SMILES string of the molecule is CCc1cccc(CNC[C@H](O)[C@H](Cc2cc(F)cc(F)c2)NC(=O)c2scc(S(C)(=O)=O)c2Cl)c1. The van der Waals surface area contributed by atoms with E-state index in [0.29, 0.717) is 6.54 Å². The number of benzene rings is 2. The van der Waals surface area contributed by atoms with Gasteiger partial charge in [0.1, 0.15) is 16.5 Å². The maximum Gasteiger partial charge on any atom is 0.263 e. The van der Waals surface area contributed by atoms with Crippen LogP contribution in [0.2, 0.25) is 5.02 Å². The molecule has 3 rings (SSSR count). The normalized spacial score (nSPS) is 13.4. The Kier molecular flexibility index (Phi) is 9.59. The molecule has 36 heavy (non-hydrogen) atoms. The molecule has 194 valence electrons. The molecule has 0 aliphatic carbocycles. The molecule has 0 aliphatic rings. The number of aryl methyl sites for hydroxylation is 1. The van der Waals surface area contributed by atoms with E-state index in [1.165, 1.54) is 10.9 Å². The van der Waals surface area contributed by atoms with Gasteiger partial charge in [-0.15, -0.1) is 11.3 Å². The first-order valence-electron chi connectivity index (χ1n) is 11.2. The molecular formula is C25H27ClF2N2O4S2. The van der Waals surface area contributed by atoms with E-state index in [1.54, 1.807) is 0 Å². The summed E-state index contributed by atoms with van der Waals surface area (Å²) in [6.07, 6.45) is 0.662. The molecule has 0 aliphatic heterocycles. The highest BCUT2D eigenvalue weighted by molar-refractivity contribution is 7.91. The minimum Gasteiger partial charge on any atom is -0.390 e. The fourth-order valence-corrected chi connectivity index (χ4v) is 6.51. The van der Waals surface area contributed by atoms with Gasteiger partial charge >= 0.3 is 0 Å². The van der Waals surface area contributed by atoms with Crippen molar-refractivity contribution < 1.29 is 27.1 Å².